The number of sulfonamides is 1. The smallest absolute Gasteiger partial charge is 0.333 e. The molecule has 0 saturated carbocycles. The molecule has 0 bridgehead atoms. The minimum absolute atomic E-state index is 0.166. The summed E-state index contributed by atoms with van der Waals surface area (Å²) in [5.74, 6) is 0.435. The van der Waals surface area contributed by atoms with Crippen molar-refractivity contribution in [1.82, 2.24) is 14.3 Å². The second kappa shape index (κ2) is 11.3. The molecule has 1 aliphatic rings. The fourth-order valence-corrected chi connectivity index (χ4v) is 6.33. The minimum Gasteiger partial charge on any atom is -0.494 e. The summed E-state index contributed by atoms with van der Waals surface area (Å²) < 4.78 is 41.1. The van der Waals surface area contributed by atoms with E-state index in [4.69, 9.17) is 9.15 Å². The van der Waals surface area contributed by atoms with Crippen LogP contribution in [0, 0.1) is 0 Å². The highest BCUT2D eigenvalue weighted by atomic mass is 32.2. The largest absolute Gasteiger partial charge is 0.494 e. The van der Waals surface area contributed by atoms with Crippen molar-refractivity contribution in [2.24, 2.45) is 0 Å². The average Bonchev–Trinajstić information content (AvgIpc) is 3.70. The summed E-state index contributed by atoms with van der Waals surface area (Å²) in [5.41, 5.74) is 6.38. The van der Waals surface area contributed by atoms with Gasteiger partial charge in [-0.3, -0.25) is 14.3 Å². The van der Waals surface area contributed by atoms with Crippen molar-refractivity contribution in [3.8, 4) is 33.7 Å². The number of aromatic amines is 1. The van der Waals surface area contributed by atoms with Gasteiger partial charge in [-0.15, -0.1) is 0 Å². The Morgan fingerprint density at radius 1 is 0.977 bits per heavy atom. The third kappa shape index (κ3) is 5.31. The third-order valence-electron chi connectivity index (χ3n) is 7.47. The Balaban J connectivity index is 1.33. The summed E-state index contributed by atoms with van der Waals surface area (Å²) in [4.78, 5) is 26.8. The van der Waals surface area contributed by atoms with Crippen LogP contribution in [0.1, 0.15) is 11.1 Å². The zero-order chi connectivity index (χ0) is 30.1. The number of hydrogen-bond acceptors (Lipinski definition) is 7. The van der Waals surface area contributed by atoms with Crippen LogP contribution < -0.4 is 26.0 Å². The molecule has 0 aliphatic heterocycles. The van der Waals surface area contributed by atoms with Crippen molar-refractivity contribution in [1.29, 1.82) is 0 Å². The van der Waals surface area contributed by atoms with Crippen LogP contribution in [0.25, 0.3) is 33.5 Å². The van der Waals surface area contributed by atoms with Crippen LogP contribution in [-0.2, 0) is 16.4 Å². The normalized spacial score (nSPS) is 12.6. The van der Waals surface area contributed by atoms with Gasteiger partial charge in [-0.2, -0.15) is 0 Å². The first-order valence-corrected chi connectivity index (χ1v) is 14.9. The van der Waals surface area contributed by atoms with Crippen LogP contribution in [0.2, 0.25) is 0 Å². The number of aromatic nitrogens is 2. The molecule has 0 spiro atoms. The number of nitrogens with zero attached hydrogens (tertiary/aromatic N) is 1. The number of nitrogens with one attached hydrogen (secondary N) is 3. The van der Waals surface area contributed by atoms with Gasteiger partial charge < -0.3 is 14.5 Å². The molecule has 0 fully saturated rings. The van der Waals surface area contributed by atoms with E-state index < -0.39 is 21.3 Å². The highest BCUT2D eigenvalue weighted by Gasteiger charge is 2.23. The van der Waals surface area contributed by atoms with Crippen LogP contribution in [0.15, 0.2) is 110 Å². The van der Waals surface area contributed by atoms with E-state index in [2.05, 4.69) is 21.1 Å². The Morgan fingerprint density at radius 3 is 2.47 bits per heavy atom. The Morgan fingerprint density at radius 2 is 1.77 bits per heavy atom. The Hall–Kier alpha value is -5.13. The molecule has 3 aromatic carbocycles. The van der Waals surface area contributed by atoms with Gasteiger partial charge in [0.2, 0.25) is 10.0 Å². The molecule has 0 saturated heterocycles. The fourth-order valence-electron chi connectivity index (χ4n) is 5.32. The van der Waals surface area contributed by atoms with Gasteiger partial charge in [0.1, 0.15) is 0 Å². The molecule has 1 aliphatic carbocycles. The molecular weight excluding hydrogens is 568 g/mol. The van der Waals surface area contributed by atoms with Crippen molar-refractivity contribution in [3.63, 3.8) is 0 Å². The first kappa shape index (κ1) is 28.0. The van der Waals surface area contributed by atoms with Crippen molar-refractivity contribution >= 4 is 21.3 Å². The van der Waals surface area contributed by atoms with Gasteiger partial charge in [-0.25, -0.2) is 17.9 Å². The molecule has 3 N–H and O–H groups in total. The maximum absolute atomic E-state index is 12.9. The van der Waals surface area contributed by atoms with E-state index >= 15 is 0 Å². The lowest BCUT2D eigenvalue weighted by Gasteiger charge is -2.19. The van der Waals surface area contributed by atoms with Crippen molar-refractivity contribution in [2.45, 2.75) is 11.3 Å². The Bertz CT molecular complexity index is 2080. The number of methoxy groups -OCH3 is 1. The number of ether oxygens (including phenoxy) is 1. The van der Waals surface area contributed by atoms with E-state index in [0.717, 1.165) is 44.6 Å². The van der Waals surface area contributed by atoms with Crippen molar-refractivity contribution in [2.75, 3.05) is 26.0 Å². The van der Waals surface area contributed by atoms with Gasteiger partial charge in [0.15, 0.2) is 5.75 Å². The summed E-state index contributed by atoms with van der Waals surface area (Å²) in [6, 6.07) is 19.4. The maximum atomic E-state index is 12.9. The molecule has 2 aromatic heterocycles. The number of hydrogen-bond donors (Lipinski definition) is 3. The highest BCUT2D eigenvalue weighted by Crippen LogP contribution is 2.44. The molecule has 11 heteroatoms. The average molecular weight is 597 g/mol. The molecule has 0 unspecified atom stereocenters. The lowest BCUT2D eigenvalue weighted by atomic mass is 9.92. The fraction of sp³-hybridized carbons (Fsp3) is 0.125. The Kier molecular flexibility index (Phi) is 7.34. The third-order valence-corrected chi connectivity index (χ3v) is 8.89. The zero-order valence-electron chi connectivity index (χ0n) is 23.4. The van der Waals surface area contributed by atoms with Gasteiger partial charge in [-0.1, -0.05) is 30.3 Å². The van der Waals surface area contributed by atoms with Crippen LogP contribution in [0.4, 0.5) is 5.69 Å². The van der Waals surface area contributed by atoms with Crippen molar-refractivity contribution < 1.29 is 17.6 Å². The standard InChI is InChI=1S/C32H28N4O6S/c1-33-24-6-8-25(9-7-24)43(39,40)34-18-22-4-3-20-17-21(5-10-26(20)22)27-11-12-28(36-15-13-29(37)35-32(36)38)31(41-2)30(27)23-14-16-42-19-23/h4-17,19,33-34H,3,18H2,1-2H3,(H,35,37,38). The minimum atomic E-state index is -3.68. The molecule has 10 nitrogen and oxygen atoms in total. The number of furan rings is 1. The van der Waals surface area contributed by atoms with Crippen molar-refractivity contribution in [3.05, 3.63) is 123 Å². The first-order chi connectivity index (χ1) is 20.8. The molecule has 6 rings (SSSR count). The lowest BCUT2D eigenvalue weighted by Crippen LogP contribution is -2.27. The number of allylic oxidation sites excluding steroid dienone is 1. The highest BCUT2D eigenvalue weighted by molar-refractivity contribution is 7.89. The SMILES string of the molecule is CNc1ccc(S(=O)(=O)NCC2=CCc3cc(-c4ccc(-n5ccc(=O)[nH]c5=O)c(OC)c4-c4ccoc4)ccc32)cc1. The molecule has 2 heterocycles. The second-order valence-corrected chi connectivity index (χ2v) is 11.7. The molecular formula is C32H28N4O6S. The van der Waals surface area contributed by atoms with Gasteiger partial charge >= 0.3 is 5.69 Å². The summed E-state index contributed by atoms with van der Waals surface area (Å²) in [6.07, 6.45) is 7.26. The number of benzene rings is 3. The van der Waals surface area contributed by atoms with Gasteiger partial charge in [0.25, 0.3) is 5.56 Å². The molecule has 0 atom stereocenters. The number of rotatable bonds is 9. The number of H-pyrrole nitrogens is 1. The van der Waals surface area contributed by atoms with E-state index in [-0.39, 0.29) is 11.4 Å². The zero-order valence-corrected chi connectivity index (χ0v) is 24.2. The monoisotopic (exact) mass is 596 g/mol. The lowest BCUT2D eigenvalue weighted by molar-refractivity contribution is 0.414. The van der Waals surface area contributed by atoms with E-state index in [0.29, 0.717) is 17.9 Å². The predicted molar refractivity (Wildman–Crippen MR) is 165 cm³/mol. The quantitative estimate of drug-likeness (QED) is 0.229. The van der Waals surface area contributed by atoms with Gasteiger partial charge in [-0.05, 0) is 70.6 Å². The topological polar surface area (TPSA) is 135 Å². The van der Waals surface area contributed by atoms with E-state index in [1.807, 2.05) is 30.3 Å². The van der Waals surface area contributed by atoms with E-state index in [1.165, 1.54) is 23.9 Å². The Labute approximate surface area is 247 Å². The molecule has 0 radical (unpaired) electrons. The number of anilines is 1. The van der Waals surface area contributed by atoms with Crippen LogP contribution >= 0.6 is 0 Å². The van der Waals surface area contributed by atoms with Gasteiger partial charge in [0, 0.05) is 42.7 Å². The van der Waals surface area contributed by atoms with Crippen LogP contribution in [0.3, 0.4) is 0 Å². The molecule has 5 aromatic rings. The summed E-state index contributed by atoms with van der Waals surface area (Å²) in [7, 11) is -0.381. The first-order valence-electron chi connectivity index (χ1n) is 13.4. The predicted octanol–water partition coefficient (Wildman–Crippen LogP) is 4.42. The molecule has 43 heavy (non-hydrogen) atoms. The summed E-state index contributed by atoms with van der Waals surface area (Å²) in [6.45, 7) is 0.166. The molecule has 0 amide bonds. The number of fused-ring (bicyclic) bond motifs is 1. The summed E-state index contributed by atoms with van der Waals surface area (Å²) >= 11 is 0. The van der Waals surface area contributed by atoms with Crippen LogP contribution in [-0.4, -0.2) is 38.7 Å². The van der Waals surface area contributed by atoms with Crippen LogP contribution in [0.5, 0.6) is 5.75 Å². The van der Waals surface area contributed by atoms with Gasteiger partial charge in [0.05, 0.1) is 30.2 Å². The second-order valence-electron chi connectivity index (χ2n) is 9.94. The molecule has 218 valence electrons. The van der Waals surface area contributed by atoms with E-state index in [1.54, 1.807) is 49.9 Å². The summed E-state index contributed by atoms with van der Waals surface area (Å²) in [5, 5.41) is 2.98. The van der Waals surface area contributed by atoms with E-state index in [9.17, 15) is 18.0 Å². The maximum Gasteiger partial charge on any atom is 0.333 e.